The molecular weight excluding hydrogens is 324 g/mol. The second kappa shape index (κ2) is 6.72. The third-order valence-electron chi connectivity index (χ3n) is 4.46. The average Bonchev–Trinajstić information content (AvgIpc) is 2.63. The molecule has 2 atom stereocenters. The zero-order valence-electron chi connectivity index (χ0n) is 14.4. The van der Waals surface area contributed by atoms with Gasteiger partial charge in [0.1, 0.15) is 0 Å². The Kier molecular flexibility index (Phi) is 4.63. The number of ether oxygens (including phenoxy) is 4. The van der Waals surface area contributed by atoms with Crippen molar-refractivity contribution in [1.29, 1.82) is 0 Å². The van der Waals surface area contributed by atoms with E-state index in [1.807, 2.05) is 6.92 Å². The van der Waals surface area contributed by atoms with Gasteiger partial charge in [-0.25, -0.2) is 0 Å². The van der Waals surface area contributed by atoms with Gasteiger partial charge < -0.3 is 18.9 Å². The fraction of sp³-hybridized carbons (Fsp3) is 0.368. The van der Waals surface area contributed by atoms with Crippen LogP contribution in [0.4, 0.5) is 0 Å². The number of fused-ring (bicyclic) bond motifs is 2. The molecule has 6 nitrogen and oxygen atoms in total. The molecule has 1 aromatic carbocycles. The van der Waals surface area contributed by atoms with Gasteiger partial charge in [-0.3, -0.25) is 9.59 Å². The van der Waals surface area contributed by atoms with Crippen molar-refractivity contribution in [2.45, 2.75) is 25.0 Å². The maximum absolute atomic E-state index is 12.0. The Morgan fingerprint density at radius 3 is 2.76 bits per heavy atom. The number of ketones is 1. The van der Waals surface area contributed by atoms with Crippen molar-refractivity contribution in [3.63, 3.8) is 0 Å². The number of carbonyl (C=O) groups is 2. The SMILES string of the molecule is CCO[C@@H]1C[C@]2(C=CC(=O)C(OC)=C2)c2c(C=O)ccc(OC)c2O1. The second-order valence-corrected chi connectivity index (χ2v) is 5.84. The highest BCUT2D eigenvalue weighted by molar-refractivity contribution is 6.04. The Hall–Kier alpha value is -2.60. The van der Waals surface area contributed by atoms with Crippen LogP contribution in [0.3, 0.4) is 0 Å². The molecule has 2 aliphatic rings. The topological polar surface area (TPSA) is 71.1 Å². The van der Waals surface area contributed by atoms with Crippen LogP contribution in [0.5, 0.6) is 11.5 Å². The van der Waals surface area contributed by atoms with Crippen molar-refractivity contribution in [1.82, 2.24) is 0 Å². The smallest absolute Gasteiger partial charge is 0.219 e. The number of carbonyl (C=O) groups excluding carboxylic acids is 2. The Labute approximate surface area is 146 Å². The van der Waals surface area contributed by atoms with Gasteiger partial charge in [-0.1, -0.05) is 6.08 Å². The summed E-state index contributed by atoms with van der Waals surface area (Å²) in [5.41, 5.74) is 0.366. The Morgan fingerprint density at radius 1 is 1.32 bits per heavy atom. The van der Waals surface area contributed by atoms with Crippen LogP contribution in [0.25, 0.3) is 0 Å². The summed E-state index contributed by atoms with van der Waals surface area (Å²) >= 11 is 0. The maximum atomic E-state index is 12.0. The second-order valence-electron chi connectivity index (χ2n) is 5.84. The number of allylic oxidation sites excluding steroid dienone is 3. The van der Waals surface area contributed by atoms with Gasteiger partial charge in [0.25, 0.3) is 0 Å². The molecule has 0 fully saturated rings. The summed E-state index contributed by atoms with van der Waals surface area (Å²) in [4.78, 5) is 23.7. The van der Waals surface area contributed by atoms with Crippen molar-refractivity contribution in [2.24, 2.45) is 0 Å². The molecular formula is C19H20O6. The molecule has 0 amide bonds. The van der Waals surface area contributed by atoms with E-state index in [1.54, 1.807) is 24.3 Å². The molecule has 1 heterocycles. The molecule has 1 aromatic rings. The molecule has 0 radical (unpaired) electrons. The Bertz CT molecular complexity index is 763. The molecule has 0 unspecified atom stereocenters. The number of hydrogen-bond acceptors (Lipinski definition) is 6. The van der Waals surface area contributed by atoms with Gasteiger partial charge in [-0.2, -0.15) is 0 Å². The molecule has 6 heteroatoms. The van der Waals surface area contributed by atoms with Crippen molar-refractivity contribution >= 4 is 12.1 Å². The molecule has 3 rings (SSSR count). The van der Waals surface area contributed by atoms with E-state index in [2.05, 4.69) is 0 Å². The first kappa shape index (κ1) is 17.2. The van der Waals surface area contributed by atoms with E-state index < -0.39 is 11.7 Å². The van der Waals surface area contributed by atoms with Gasteiger partial charge in [0.2, 0.25) is 12.1 Å². The van der Waals surface area contributed by atoms with E-state index in [1.165, 1.54) is 20.3 Å². The monoisotopic (exact) mass is 344 g/mol. The number of hydrogen-bond donors (Lipinski definition) is 0. The summed E-state index contributed by atoms with van der Waals surface area (Å²) in [5.74, 6) is 0.958. The molecule has 0 saturated heterocycles. The minimum Gasteiger partial charge on any atom is -0.493 e. The Morgan fingerprint density at radius 2 is 2.12 bits per heavy atom. The largest absolute Gasteiger partial charge is 0.493 e. The van der Waals surface area contributed by atoms with Gasteiger partial charge in [-0.15, -0.1) is 0 Å². The normalized spacial score (nSPS) is 24.4. The molecule has 0 N–H and O–H groups in total. The fourth-order valence-corrected chi connectivity index (χ4v) is 3.37. The third kappa shape index (κ3) is 2.82. The van der Waals surface area contributed by atoms with Crippen LogP contribution in [0.15, 0.2) is 36.1 Å². The molecule has 1 aliphatic carbocycles. The van der Waals surface area contributed by atoms with Crippen molar-refractivity contribution < 1.29 is 28.5 Å². The van der Waals surface area contributed by atoms with Crippen LogP contribution < -0.4 is 9.47 Å². The lowest BCUT2D eigenvalue weighted by Gasteiger charge is -2.40. The highest BCUT2D eigenvalue weighted by Gasteiger charge is 2.44. The number of methoxy groups -OCH3 is 2. The van der Waals surface area contributed by atoms with E-state index in [4.69, 9.17) is 18.9 Å². The highest BCUT2D eigenvalue weighted by Crippen LogP contribution is 2.50. The zero-order valence-corrected chi connectivity index (χ0v) is 14.4. The number of benzene rings is 1. The lowest BCUT2D eigenvalue weighted by atomic mass is 9.71. The quantitative estimate of drug-likeness (QED) is 0.765. The fourth-order valence-electron chi connectivity index (χ4n) is 3.37. The number of rotatable bonds is 5. The van der Waals surface area contributed by atoms with Gasteiger partial charge >= 0.3 is 0 Å². The van der Waals surface area contributed by atoms with E-state index in [9.17, 15) is 9.59 Å². The molecule has 0 aromatic heterocycles. The van der Waals surface area contributed by atoms with Crippen LogP contribution >= 0.6 is 0 Å². The average molecular weight is 344 g/mol. The third-order valence-corrected chi connectivity index (χ3v) is 4.46. The molecule has 1 aliphatic heterocycles. The van der Waals surface area contributed by atoms with Crippen LogP contribution in [0, 0.1) is 0 Å². The Balaban J connectivity index is 2.27. The molecule has 25 heavy (non-hydrogen) atoms. The highest BCUT2D eigenvalue weighted by atomic mass is 16.7. The summed E-state index contributed by atoms with van der Waals surface area (Å²) in [6, 6.07) is 3.37. The first-order valence-electron chi connectivity index (χ1n) is 8.04. The first-order valence-corrected chi connectivity index (χ1v) is 8.04. The van der Waals surface area contributed by atoms with Crippen molar-refractivity contribution in [3.8, 4) is 11.5 Å². The lowest BCUT2D eigenvalue weighted by molar-refractivity contribution is -0.115. The predicted molar refractivity (Wildman–Crippen MR) is 90.0 cm³/mol. The van der Waals surface area contributed by atoms with Gasteiger partial charge in [0, 0.05) is 29.6 Å². The summed E-state index contributed by atoms with van der Waals surface area (Å²) in [6.45, 7) is 2.34. The van der Waals surface area contributed by atoms with Gasteiger partial charge in [0.05, 0.1) is 14.2 Å². The molecule has 1 spiro atoms. The van der Waals surface area contributed by atoms with E-state index in [0.717, 1.165) is 6.29 Å². The maximum Gasteiger partial charge on any atom is 0.219 e. The van der Waals surface area contributed by atoms with Crippen LogP contribution in [0.2, 0.25) is 0 Å². The summed E-state index contributed by atoms with van der Waals surface area (Å²) in [7, 11) is 2.98. The van der Waals surface area contributed by atoms with E-state index in [-0.39, 0.29) is 11.5 Å². The minimum absolute atomic E-state index is 0.218. The van der Waals surface area contributed by atoms with Gasteiger partial charge in [0.15, 0.2) is 23.5 Å². The predicted octanol–water partition coefficient (Wildman–Crippen LogP) is 2.56. The minimum atomic E-state index is -0.753. The first-order chi connectivity index (χ1) is 12.1. The van der Waals surface area contributed by atoms with Crippen molar-refractivity contribution in [3.05, 3.63) is 47.2 Å². The molecule has 132 valence electrons. The van der Waals surface area contributed by atoms with Crippen molar-refractivity contribution in [2.75, 3.05) is 20.8 Å². The van der Waals surface area contributed by atoms with Gasteiger partial charge in [-0.05, 0) is 31.2 Å². The summed E-state index contributed by atoms with van der Waals surface area (Å²) in [5, 5.41) is 0. The molecule has 0 saturated carbocycles. The van der Waals surface area contributed by atoms with E-state index in [0.29, 0.717) is 35.7 Å². The number of aldehydes is 1. The molecule has 0 bridgehead atoms. The van der Waals surface area contributed by atoms with Crippen LogP contribution in [-0.2, 0) is 19.7 Å². The van der Waals surface area contributed by atoms with E-state index >= 15 is 0 Å². The lowest BCUT2D eigenvalue weighted by Crippen LogP contribution is -2.40. The summed E-state index contributed by atoms with van der Waals surface area (Å²) in [6.07, 6.45) is 5.62. The standard InChI is InChI=1S/C19H20O6/c1-4-24-16-10-19(8-7-13(21)15(9-19)23-3)17-12(11-20)5-6-14(22-2)18(17)25-16/h5-9,11,16H,4,10H2,1-3H3/t16-,19+/m0/s1. The zero-order chi connectivity index (χ0) is 18.0. The summed E-state index contributed by atoms with van der Waals surface area (Å²) < 4.78 is 22.3. The van der Waals surface area contributed by atoms with Crippen LogP contribution in [-0.4, -0.2) is 39.2 Å². The van der Waals surface area contributed by atoms with Crippen LogP contribution in [0.1, 0.15) is 29.3 Å².